The third kappa shape index (κ3) is 9.15. The number of hydrogen-bond donors (Lipinski definition) is 3. The normalized spacial score (nSPS) is 18.7. The number of rotatable bonds is 12. The van der Waals surface area contributed by atoms with E-state index in [0.29, 0.717) is 41.2 Å². The van der Waals surface area contributed by atoms with Crippen LogP contribution in [0.3, 0.4) is 0 Å². The van der Waals surface area contributed by atoms with Gasteiger partial charge in [-0.2, -0.15) is 8.42 Å². The van der Waals surface area contributed by atoms with Gasteiger partial charge in [-0.05, 0) is 93.3 Å². The number of piperidine rings is 1. The van der Waals surface area contributed by atoms with Crippen molar-refractivity contribution in [2.75, 3.05) is 39.7 Å². The summed E-state index contributed by atoms with van der Waals surface area (Å²) in [5, 5.41) is 11.7. The Balaban J connectivity index is 1.57. The van der Waals surface area contributed by atoms with Gasteiger partial charge in [0, 0.05) is 11.3 Å². The molecule has 3 aromatic rings. The molecule has 0 radical (unpaired) electrons. The smallest absolute Gasteiger partial charge is 0.329 e. The Morgan fingerprint density at radius 1 is 1.00 bits per heavy atom. The number of hydrogen-bond acceptors (Lipinski definition) is 9. The number of phenols is 1. The molecule has 3 amide bonds. The van der Waals surface area contributed by atoms with Crippen molar-refractivity contribution >= 4 is 27.7 Å². The number of nitrogens with zero attached hydrogens (tertiary/aromatic N) is 2. The average Bonchev–Trinajstić information content (AvgIpc) is 3.02. The van der Waals surface area contributed by atoms with Gasteiger partial charge >= 0.3 is 16.1 Å². The summed E-state index contributed by atoms with van der Waals surface area (Å²) in [5.74, 6) is 0.938. The van der Waals surface area contributed by atoms with Crippen molar-refractivity contribution in [3.05, 3.63) is 77.9 Å². The Morgan fingerprint density at radius 2 is 1.64 bits per heavy atom. The fourth-order valence-electron chi connectivity index (χ4n) is 5.78. The molecular weight excluding hydrogens is 624 g/mol. The quantitative estimate of drug-likeness (QED) is 0.189. The number of carbonyl (C=O) groups excluding carboxylic acids is 2. The van der Waals surface area contributed by atoms with Crippen LogP contribution in [0.25, 0.3) is 0 Å². The Morgan fingerprint density at radius 3 is 2.26 bits per heavy atom. The Labute approximate surface area is 276 Å². The molecule has 0 aliphatic carbocycles. The molecule has 4 N–H and O–H groups in total. The van der Waals surface area contributed by atoms with Gasteiger partial charge in [0.15, 0.2) is 11.5 Å². The number of ether oxygens (including phenoxy) is 2. The molecule has 4 rings (SSSR count). The fraction of sp³-hybridized carbons (Fsp3) is 0.412. The van der Waals surface area contributed by atoms with Crippen LogP contribution in [0, 0.1) is 0 Å². The molecule has 0 aromatic heterocycles. The van der Waals surface area contributed by atoms with Gasteiger partial charge in [0.25, 0.3) is 0 Å². The summed E-state index contributed by atoms with van der Waals surface area (Å²) in [5.41, 5.74) is 8.57. The fourth-order valence-corrected chi connectivity index (χ4v) is 6.35. The topological polar surface area (TPSA) is 157 Å². The first-order valence-electron chi connectivity index (χ1n) is 15.5. The van der Waals surface area contributed by atoms with E-state index in [2.05, 4.69) is 12.4 Å². The number of amides is 3. The first-order chi connectivity index (χ1) is 22.2. The molecule has 3 aromatic carbocycles. The molecule has 1 fully saturated rings. The zero-order valence-electron chi connectivity index (χ0n) is 27.5. The molecule has 0 spiro atoms. The lowest BCUT2D eigenvalue weighted by atomic mass is 9.98. The summed E-state index contributed by atoms with van der Waals surface area (Å²) in [7, 11) is 1.49. The van der Waals surface area contributed by atoms with Crippen LogP contribution in [0.2, 0.25) is 0 Å². The number of imide groups is 1. The SMILES string of the molecule is COc1ccc(C[N+]2(C)CCC[C@H](N(C(=O)Nc3ccc(OS(=O)(=O)C(C)C)cc3)C(=O)[C@@H](N)Cc3ccc(O)cc3)C2)cc1OC. The van der Waals surface area contributed by atoms with Crippen LogP contribution >= 0.6 is 0 Å². The molecule has 1 saturated heterocycles. The van der Waals surface area contributed by atoms with E-state index in [1.807, 2.05) is 18.2 Å². The second-order valence-corrected chi connectivity index (χ2v) is 14.5. The molecule has 13 heteroatoms. The lowest BCUT2D eigenvalue weighted by Crippen LogP contribution is -2.62. The van der Waals surface area contributed by atoms with Crippen LogP contribution in [-0.4, -0.2) is 86.5 Å². The summed E-state index contributed by atoms with van der Waals surface area (Å²) in [6.45, 7) is 5.02. The van der Waals surface area contributed by atoms with Crippen LogP contribution in [0.4, 0.5) is 10.5 Å². The van der Waals surface area contributed by atoms with Gasteiger partial charge in [0.1, 0.15) is 24.6 Å². The largest absolute Gasteiger partial charge is 0.508 e. The van der Waals surface area contributed by atoms with E-state index in [1.165, 1.54) is 55.1 Å². The number of likely N-dealkylation sites (N-methyl/N-ethyl adjacent to an activating group) is 1. The average molecular weight is 670 g/mol. The van der Waals surface area contributed by atoms with Crippen LogP contribution < -0.4 is 24.7 Å². The van der Waals surface area contributed by atoms with E-state index in [-0.39, 0.29) is 17.9 Å². The molecule has 1 unspecified atom stereocenters. The highest BCUT2D eigenvalue weighted by atomic mass is 32.2. The number of methoxy groups -OCH3 is 2. The molecule has 1 aliphatic heterocycles. The van der Waals surface area contributed by atoms with Crippen LogP contribution in [0.5, 0.6) is 23.0 Å². The second kappa shape index (κ2) is 15.1. The lowest BCUT2D eigenvalue weighted by Gasteiger charge is -2.44. The zero-order valence-corrected chi connectivity index (χ0v) is 28.3. The van der Waals surface area contributed by atoms with Crippen molar-refractivity contribution in [3.8, 4) is 23.0 Å². The van der Waals surface area contributed by atoms with Gasteiger partial charge in [0.2, 0.25) is 5.91 Å². The van der Waals surface area contributed by atoms with E-state index in [4.69, 9.17) is 19.4 Å². The van der Waals surface area contributed by atoms with Crippen molar-refractivity contribution in [1.82, 2.24) is 4.90 Å². The Hall–Kier alpha value is -4.33. The van der Waals surface area contributed by atoms with Gasteiger partial charge in [-0.3, -0.25) is 9.69 Å². The highest BCUT2D eigenvalue weighted by Gasteiger charge is 2.41. The molecule has 1 heterocycles. The van der Waals surface area contributed by atoms with Crippen LogP contribution in [0.1, 0.15) is 37.8 Å². The maximum atomic E-state index is 14.0. The molecule has 1 aliphatic rings. The van der Waals surface area contributed by atoms with Crippen molar-refractivity contribution in [1.29, 1.82) is 0 Å². The third-order valence-electron chi connectivity index (χ3n) is 8.32. The Kier molecular flexibility index (Phi) is 11.4. The second-order valence-electron chi connectivity index (χ2n) is 12.4. The summed E-state index contributed by atoms with van der Waals surface area (Å²) >= 11 is 0. The zero-order chi connectivity index (χ0) is 34.4. The Bertz CT molecular complexity index is 1650. The van der Waals surface area contributed by atoms with Crippen molar-refractivity contribution < 1.29 is 41.3 Å². The number of aromatic hydroxyl groups is 1. The summed E-state index contributed by atoms with van der Waals surface area (Å²) in [6, 6.07) is 16.0. The standard InChI is InChI=1S/C34H44N4O8S/c1-23(2)47(42,43)46-29-15-11-26(12-16-29)36-34(41)37(33(40)30(35)19-24-8-13-28(39)14-9-24)27-7-6-18-38(3,22-27)21-25-10-17-31(44-4)32(20-25)45-5/h8-17,20,23,27,30H,6-7,18-19,21-22,35H2,1-5H3,(H-,36,39,41)/p+1/t27-,30-,38?/m0/s1. The number of nitrogens with one attached hydrogen (secondary N) is 1. The predicted molar refractivity (Wildman–Crippen MR) is 179 cm³/mol. The number of quaternary nitrogens is 1. The summed E-state index contributed by atoms with van der Waals surface area (Å²) in [6.07, 6.45) is 1.55. The van der Waals surface area contributed by atoms with E-state index in [9.17, 15) is 23.1 Å². The number of likely N-dealkylation sites (tertiary alicyclic amines) is 1. The minimum absolute atomic E-state index is 0.0987. The lowest BCUT2D eigenvalue weighted by molar-refractivity contribution is -0.928. The van der Waals surface area contributed by atoms with E-state index < -0.39 is 39.4 Å². The molecule has 0 saturated carbocycles. The molecule has 12 nitrogen and oxygen atoms in total. The van der Waals surface area contributed by atoms with Crippen molar-refractivity contribution in [2.24, 2.45) is 5.73 Å². The van der Waals surface area contributed by atoms with Gasteiger partial charge in [-0.15, -0.1) is 0 Å². The third-order valence-corrected chi connectivity index (χ3v) is 9.90. The first kappa shape index (κ1) is 35.5. The number of anilines is 1. The number of phenolic OH excluding ortho intramolecular Hbond substituents is 1. The maximum Gasteiger partial charge on any atom is 0.329 e. The highest BCUT2D eigenvalue weighted by Crippen LogP contribution is 2.31. The van der Waals surface area contributed by atoms with Crippen LogP contribution in [0.15, 0.2) is 66.7 Å². The van der Waals surface area contributed by atoms with E-state index in [1.54, 1.807) is 26.4 Å². The molecule has 3 atom stereocenters. The van der Waals surface area contributed by atoms with Gasteiger partial charge in [0.05, 0.1) is 45.1 Å². The minimum atomic E-state index is -3.79. The van der Waals surface area contributed by atoms with E-state index >= 15 is 0 Å². The number of carbonyl (C=O) groups is 2. The van der Waals surface area contributed by atoms with Gasteiger partial charge < -0.3 is 34.3 Å². The highest BCUT2D eigenvalue weighted by molar-refractivity contribution is 7.87. The number of benzene rings is 3. The predicted octanol–water partition coefficient (Wildman–Crippen LogP) is 4.27. The van der Waals surface area contributed by atoms with Gasteiger partial charge in [-0.25, -0.2) is 4.79 Å². The van der Waals surface area contributed by atoms with Crippen molar-refractivity contribution in [2.45, 2.75) is 57.0 Å². The first-order valence-corrected chi connectivity index (χ1v) is 17.0. The molecule has 47 heavy (non-hydrogen) atoms. The van der Waals surface area contributed by atoms with Crippen LogP contribution in [-0.2, 0) is 27.9 Å². The number of urea groups is 1. The molecule has 0 bridgehead atoms. The minimum Gasteiger partial charge on any atom is -0.508 e. The van der Waals surface area contributed by atoms with Gasteiger partial charge in [-0.1, -0.05) is 12.1 Å². The van der Waals surface area contributed by atoms with Crippen molar-refractivity contribution in [3.63, 3.8) is 0 Å². The molecular formula is C34H45N4O8S+. The monoisotopic (exact) mass is 669 g/mol. The van der Waals surface area contributed by atoms with E-state index in [0.717, 1.165) is 24.1 Å². The maximum absolute atomic E-state index is 14.0. The summed E-state index contributed by atoms with van der Waals surface area (Å²) < 4.78 is 40.9. The summed E-state index contributed by atoms with van der Waals surface area (Å²) in [4.78, 5) is 29.2. The molecule has 254 valence electrons. The number of nitrogens with two attached hydrogens (primary N) is 1.